The summed E-state index contributed by atoms with van der Waals surface area (Å²) < 4.78 is 0. The molecule has 0 spiro atoms. The largest absolute Gasteiger partial charge is 0.311 e. The molecular weight excluding hydrogens is 148 g/mol. The molecular formula is C11H19N. The number of hydrogen-bond donors (Lipinski definition) is 1. The van der Waals surface area contributed by atoms with Gasteiger partial charge in [0, 0.05) is 5.54 Å². The van der Waals surface area contributed by atoms with Crippen LogP contribution in [0.1, 0.15) is 32.1 Å². The molecule has 1 aliphatic heterocycles. The van der Waals surface area contributed by atoms with Crippen molar-refractivity contribution in [3.8, 4) is 0 Å². The van der Waals surface area contributed by atoms with Crippen LogP contribution in [0.15, 0.2) is 25.3 Å². The molecule has 0 aromatic rings. The monoisotopic (exact) mass is 167 g/mol. The average molecular weight is 167 g/mol. The number of rotatable bonds is 4. The summed E-state index contributed by atoms with van der Waals surface area (Å²) >= 11 is 0. The van der Waals surface area contributed by atoms with E-state index in [1.165, 1.54) is 19.3 Å². The molecule has 0 aromatic heterocycles. The maximum Gasteiger partial charge on any atom is 0.0250 e. The molecule has 1 rings (SSSR count). The third kappa shape index (κ3) is 2.21. The lowest BCUT2D eigenvalue weighted by Crippen LogP contribution is -2.47. The first kappa shape index (κ1) is 9.53. The van der Waals surface area contributed by atoms with Gasteiger partial charge in [-0.1, -0.05) is 18.6 Å². The van der Waals surface area contributed by atoms with Gasteiger partial charge in [-0.25, -0.2) is 0 Å². The van der Waals surface area contributed by atoms with E-state index in [1.54, 1.807) is 0 Å². The van der Waals surface area contributed by atoms with Gasteiger partial charge in [-0.2, -0.15) is 0 Å². The topological polar surface area (TPSA) is 12.0 Å². The summed E-state index contributed by atoms with van der Waals surface area (Å²) in [5.41, 5.74) is 0.293. The Morgan fingerprint density at radius 2 is 1.83 bits per heavy atom. The van der Waals surface area contributed by atoms with Crippen LogP contribution in [0.4, 0.5) is 0 Å². The van der Waals surface area contributed by atoms with Crippen molar-refractivity contribution in [2.45, 2.75) is 37.6 Å². The predicted molar refractivity (Wildman–Crippen MR) is 54.2 cm³/mol. The van der Waals surface area contributed by atoms with E-state index >= 15 is 0 Å². The molecule has 68 valence electrons. The molecule has 1 aliphatic rings. The van der Waals surface area contributed by atoms with Gasteiger partial charge in [-0.15, -0.1) is 13.2 Å². The SMILES string of the molecule is C=CC[14C]1(CC=C)CCCCN1. The van der Waals surface area contributed by atoms with E-state index in [-0.39, 0.29) is 0 Å². The van der Waals surface area contributed by atoms with Gasteiger partial charge < -0.3 is 5.32 Å². The van der Waals surface area contributed by atoms with E-state index in [0.29, 0.717) is 5.54 Å². The Bertz CT molecular complexity index is 142. The highest BCUT2D eigenvalue weighted by atomic mass is 15.7. The molecule has 0 amide bonds. The first-order valence-electron chi connectivity index (χ1n) is 4.80. The lowest BCUT2D eigenvalue weighted by molar-refractivity contribution is 0.258. The summed E-state index contributed by atoms with van der Waals surface area (Å²) in [7, 11) is 0. The van der Waals surface area contributed by atoms with Crippen molar-refractivity contribution in [1.29, 1.82) is 0 Å². The molecule has 1 saturated heterocycles. The quantitative estimate of drug-likeness (QED) is 0.635. The van der Waals surface area contributed by atoms with Gasteiger partial charge in [0.1, 0.15) is 0 Å². The maximum absolute atomic E-state index is 3.81. The first-order valence-corrected chi connectivity index (χ1v) is 4.80. The van der Waals surface area contributed by atoms with Crippen molar-refractivity contribution in [1.82, 2.24) is 5.32 Å². The second-order valence-electron chi connectivity index (χ2n) is 3.65. The zero-order valence-electron chi connectivity index (χ0n) is 7.81. The van der Waals surface area contributed by atoms with E-state index in [2.05, 4.69) is 18.5 Å². The summed E-state index contributed by atoms with van der Waals surface area (Å²) in [5, 5.41) is 3.59. The highest BCUT2D eigenvalue weighted by Crippen LogP contribution is 2.26. The van der Waals surface area contributed by atoms with Crippen molar-refractivity contribution in [3.63, 3.8) is 0 Å². The molecule has 1 fully saturated rings. The van der Waals surface area contributed by atoms with Gasteiger partial charge in [0.25, 0.3) is 0 Å². The molecule has 0 aliphatic carbocycles. The van der Waals surface area contributed by atoms with Crippen molar-refractivity contribution in [3.05, 3.63) is 25.3 Å². The van der Waals surface area contributed by atoms with Crippen molar-refractivity contribution in [2.75, 3.05) is 6.54 Å². The van der Waals surface area contributed by atoms with E-state index in [1.807, 2.05) is 12.2 Å². The van der Waals surface area contributed by atoms with Crippen molar-refractivity contribution < 1.29 is 0 Å². The van der Waals surface area contributed by atoms with Crippen LogP contribution in [0.3, 0.4) is 0 Å². The fourth-order valence-electron chi connectivity index (χ4n) is 2.01. The van der Waals surface area contributed by atoms with Crippen LogP contribution in [0.5, 0.6) is 0 Å². The minimum Gasteiger partial charge on any atom is -0.311 e. The van der Waals surface area contributed by atoms with Gasteiger partial charge in [-0.3, -0.25) is 0 Å². The van der Waals surface area contributed by atoms with Crippen LogP contribution >= 0.6 is 0 Å². The predicted octanol–water partition coefficient (Wildman–Crippen LogP) is 2.65. The molecule has 0 atom stereocenters. The van der Waals surface area contributed by atoms with E-state index in [0.717, 1.165) is 19.4 Å². The smallest absolute Gasteiger partial charge is 0.0250 e. The van der Waals surface area contributed by atoms with Crippen molar-refractivity contribution in [2.24, 2.45) is 0 Å². The minimum absolute atomic E-state index is 0.293. The fraction of sp³-hybridized carbons (Fsp3) is 0.636. The van der Waals surface area contributed by atoms with Gasteiger partial charge >= 0.3 is 0 Å². The fourth-order valence-corrected chi connectivity index (χ4v) is 2.01. The van der Waals surface area contributed by atoms with E-state index in [9.17, 15) is 0 Å². The molecule has 0 bridgehead atoms. The Morgan fingerprint density at radius 3 is 2.25 bits per heavy atom. The van der Waals surface area contributed by atoms with E-state index < -0.39 is 0 Å². The van der Waals surface area contributed by atoms with Gasteiger partial charge in [0.15, 0.2) is 0 Å². The summed E-state index contributed by atoms with van der Waals surface area (Å²) in [6, 6.07) is 0. The first-order chi connectivity index (χ1) is 5.83. The Labute approximate surface area is 75.6 Å². The number of nitrogens with one attached hydrogen (secondary N) is 1. The molecule has 0 radical (unpaired) electrons. The standard InChI is InChI=1S/C11H19N/c1-3-7-11(8-4-2)9-5-6-10-12-11/h3-4,12H,1-2,5-10H2/i11+2. The van der Waals surface area contributed by atoms with Crippen LogP contribution in [-0.4, -0.2) is 12.1 Å². The second kappa shape index (κ2) is 4.46. The molecule has 1 nitrogen and oxygen atoms in total. The molecule has 1 N–H and O–H groups in total. The summed E-state index contributed by atoms with van der Waals surface area (Å²) in [6.45, 7) is 8.77. The summed E-state index contributed by atoms with van der Waals surface area (Å²) in [6.07, 6.45) is 10.1. The zero-order valence-corrected chi connectivity index (χ0v) is 7.81. The molecule has 0 saturated carbocycles. The summed E-state index contributed by atoms with van der Waals surface area (Å²) in [4.78, 5) is 0. The highest BCUT2D eigenvalue weighted by molar-refractivity contribution is 4.99. The number of hydrogen-bond acceptors (Lipinski definition) is 1. The highest BCUT2D eigenvalue weighted by Gasteiger charge is 2.28. The lowest BCUT2D eigenvalue weighted by atomic mass is 10.2. The minimum atomic E-state index is 0.293. The van der Waals surface area contributed by atoms with Crippen LogP contribution in [0, 0.1) is 0 Å². The Kier molecular flexibility index (Phi) is 3.54. The molecule has 12 heavy (non-hydrogen) atoms. The normalized spacial score (nSPS) is 21.7. The van der Waals surface area contributed by atoms with Gasteiger partial charge in [-0.05, 0) is 32.2 Å². The Morgan fingerprint density at radius 1 is 1.17 bits per heavy atom. The van der Waals surface area contributed by atoms with Crippen LogP contribution in [0.25, 0.3) is 0 Å². The third-order valence-electron chi connectivity index (χ3n) is 2.65. The Hall–Kier alpha value is -0.560. The maximum atomic E-state index is 3.81. The van der Waals surface area contributed by atoms with Gasteiger partial charge in [0.05, 0.1) is 0 Å². The molecule has 0 aromatic carbocycles. The molecule has 1 heterocycles. The Balaban J connectivity index is 2.55. The number of piperidine rings is 1. The van der Waals surface area contributed by atoms with Crippen molar-refractivity contribution >= 4 is 0 Å². The third-order valence-corrected chi connectivity index (χ3v) is 2.65. The second-order valence-corrected chi connectivity index (χ2v) is 3.65. The lowest BCUT2D eigenvalue weighted by Gasteiger charge is -2.37. The van der Waals surface area contributed by atoms with E-state index in [4.69, 9.17) is 0 Å². The average Bonchev–Trinajstić information content (AvgIpc) is 2.07. The van der Waals surface area contributed by atoms with Gasteiger partial charge in [0.2, 0.25) is 0 Å². The van der Waals surface area contributed by atoms with Crippen LogP contribution in [0.2, 0.25) is 0 Å². The molecule has 0 unspecified atom stereocenters. The summed E-state index contributed by atoms with van der Waals surface area (Å²) in [5.74, 6) is 0. The molecule has 1 heteroatoms. The van der Waals surface area contributed by atoms with Crippen LogP contribution in [-0.2, 0) is 0 Å². The zero-order chi connectivity index (χ0) is 8.86. The van der Waals surface area contributed by atoms with Crippen LogP contribution < -0.4 is 5.32 Å².